The van der Waals surface area contributed by atoms with E-state index in [1.807, 2.05) is 7.05 Å². The average molecular weight is 407 g/mol. The summed E-state index contributed by atoms with van der Waals surface area (Å²) in [5.41, 5.74) is 0. The fraction of sp³-hybridized carbons (Fsp3) is 0.958. The molecule has 2 saturated carbocycles. The molecule has 29 heavy (non-hydrogen) atoms. The number of hydrogen-bond donors (Lipinski definition) is 2. The zero-order valence-electron chi connectivity index (χ0n) is 19.0. The average Bonchev–Trinajstić information content (AvgIpc) is 2.79. The first kappa shape index (κ1) is 22.9. The van der Waals surface area contributed by atoms with Crippen molar-refractivity contribution in [3.05, 3.63) is 0 Å². The van der Waals surface area contributed by atoms with Crippen LogP contribution in [0.2, 0.25) is 0 Å². The van der Waals surface area contributed by atoms with Crippen molar-refractivity contribution in [2.45, 2.75) is 114 Å². The molecule has 0 spiro atoms. The molecule has 3 aliphatic rings. The Morgan fingerprint density at radius 3 is 2.24 bits per heavy atom. The first-order chi connectivity index (χ1) is 14.3. The number of ether oxygens (including phenoxy) is 1. The molecule has 1 heterocycles. The van der Waals surface area contributed by atoms with Gasteiger partial charge in [-0.15, -0.1) is 0 Å². The lowest BCUT2D eigenvalue weighted by atomic mass is 9.92. The molecule has 3 fully saturated rings. The summed E-state index contributed by atoms with van der Waals surface area (Å²) >= 11 is 0. The molecule has 0 atom stereocenters. The number of unbranched alkanes of at least 4 members (excludes halogenated alkanes) is 2. The van der Waals surface area contributed by atoms with E-state index < -0.39 is 0 Å². The van der Waals surface area contributed by atoms with Crippen LogP contribution in [0.3, 0.4) is 0 Å². The highest BCUT2D eigenvalue weighted by Gasteiger charge is 2.26. The van der Waals surface area contributed by atoms with Gasteiger partial charge in [-0.1, -0.05) is 38.5 Å². The van der Waals surface area contributed by atoms with Crippen LogP contribution in [0.15, 0.2) is 4.99 Å². The summed E-state index contributed by atoms with van der Waals surface area (Å²) < 4.78 is 6.02. The van der Waals surface area contributed by atoms with Gasteiger partial charge < -0.3 is 20.3 Å². The molecule has 5 heteroatoms. The van der Waals surface area contributed by atoms with Gasteiger partial charge >= 0.3 is 0 Å². The van der Waals surface area contributed by atoms with Crippen molar-refractivity contribution in [2.75, 3.05) is 33.3 Å². The van der Waals surface area contributed by atoms with Gasteiger partial charge in [-0.3, -0.25) is 4.99 Å². The molecule has 1 aliphatic heterocycles. The number of rotatable bonds is 9. The maximum Gasteiger partial charge on any atom is 0.191 e. The van der Waals surface area contributed by atoms with Crippen LogP contribution in [0, 0.1) is 0 Å². The molecule has 0 radical (unpaired) electrons. The zero-order chi connectivity index (χ0) is 20.2. The molecule has 2 N–H and O–H groups in total. The van der Waals surface area contributed by atoms with Crippen molar-refractivity contribution in [1.29, 1.82) is 0 Å². The van der Waals surface area contributed by atoms with Crippen LogP contribution >= 0.6 is 0 Å². The van der Waals surface area contributed by atoms with Crippen LogP contribution in [-0.4, -0.2) is 62.3 Å². The van der Waals surface area contributed by atoms with E-state index >= 15 is 0 Å². The van der Waals surface area contributed by atoms with Crippen molar-refractivity contribution in [1.82, 2.24) is 15.5 Å². The molecule has 168 valence electrons. The first-order valence-corrected chi connectivity index (χ1v) is 12.7. The Kier molecular flexibility index (Phi) is 10.6. The van der Waals surface area contributed by atoms with Crippen LogP contribution in [0.4, 0.5) is 0 Å². The lowest BCUT2D eigenvalue weighted by Gasteiger charge is -2.39. The van der Waals surface area contributed by atoms with E-state index in [-0.39, 0.29) is 0 Å². The van der Waals surface area contributed by atoms with E-state index in [1.165, 1.54) is 109 Å². The van der Waals surface area contributed by atoms with Crippen LogP contribution in [0.25, 0.3) is 0 Å². The number of aliphatic imine (C=N–C) groups is 1. The number of hydrogen-bond acceptors (Lipinski definition) is 3. The number of piperidine rings is 1. The normalized spacial score (nSPS) is 24.0. The Bertz CT molecular complexity index is 450. The van der Waals surface area contributed by atoms with E-state index in [0.717, 1.165) is 25.2 Å². The molecule has 0 bridgehead atoms. The third kappa shape index (κ3) is 8.45. The minimum atomic E-state index is 0.550. The minimum absolute atomic E-state index is 0.550. The van der Waals surface area contributed by atoms with Crippen LogP contribution < -0.4 is 10.6 Å². The van der Waals surface area contributed by atoms with Crippen molar-refractivity contribution in [3.63, 3.8) is 0 Å². The predicted octanol–water partition coefficient (Wildman–Crippen LogP) is 4.47. The van der Waals surface area contributed by atoms with E-state index in [0.29, 0.717) is 12.1 Å². The minimum Gasteiger partial charge on any atom is -0.378 e. The molecule has 1 saturated heterocycles. The van der Waals surface area contributed by atoms with Crippen LogP contribution in [0.5, 0.6) is 0 Å². The topological polar surface area (TPSA) is 48.9 Å². The van der Waals surface area contributed by atoms with Gasteiger partial charge in [0, 0.05) is 45.4 Å². The number of nitrogens with one attached hydrogen (secondary N) is 2. The van der Waals surface area contributed by atoms with Crippen molar-refractivity contribution in [2.24, 2.45) is 4.99 Å². The maximum atomic E-state index is 6.02. The first-order valence-electron chi connectivity index (χ1n) is 12.7. The summed E-state index contributed by atoms with van der Waals surface area (Å²) in [6, 6.07) is 1.44. The molecule has 0 amide bonds. The molecular weight excluding hydrogens is 360 g/mol. The Morgan fingerprint density at radius 2 is 1.55 bits per heavy atom. The third-order valence-corrected chi connectivity index (χ3v) is 7.20. The Balaban J connectivity index is 1.20. The molecule has 0 unspecified atom stereocenters. The van der Waals surface area contributed by atoms with Crippen molar-refractivity contribution in [3.8, 4) is 0 Å². The molecule has 0 aromatic carbocycles. The third-order valence-electron chi connectivity index (χ3n) is 7.20. The highest BCUT2D eigenvalue weighted by atomic mass is 16.5. The van der Waals surface area contributed by atoms with Gasteiger partial charge in [-0.2, -0.15) is 0 Å². The lowest BCUT2D eigenvalue weighted by Crippen LogP contribution is -2.51. The quantitative estimate of drug-likeness (QED) is 0.337. The summed E-state index contributed by atoms with van der Waals surface area (Å²) in [5, 5.41) is 7.18. The largest absolute Gasteiger partial charge is 0.378 e. The molecule has 5 nitrogen and oxygen atoms in total. The summed E-state index contributed by atoms with van der Waals surface area (Å²) in [5.74, 6) is 0.986. The number of guanidine groups is 1. The van der Waals surface area contributed by atoms with E-state index in [4.69, 9.17) is 4.74 Å². The second kappa shape index (κ2) is 13.5. The lowest BCUT2D eigenvalue weighted by molar-refractivity contribution is 0.0264. The van der Waals surface area contributed by atoms with Gasteiger partial charge in [0.15, 0.2) is 5.96 Å². The monoisotopic (exact) mass is 406 g/mol. The second-order valence-corrected chi connectivity index (χ2v) is 9.44. The van der Waals surface area contributed by atoms with Crippen molar-refractivity contribution >= 4 is 5.96 Å². The Labute approximate surface area is 179 Å². The molecule has 2 aliphatic carbocycles. The SMILES string of the molecule is CN=C(NCCCCCOC1CCCCC1)NC1CCN(C2CCCCC2)CC1. The van der Waals surface area contributed by atoms with Crippen LogP contribution in [-0.2, 0) is 4.74 Å². The summed E-state index contributed by atoms with van der Waals surface area (Å²) in [4.78, 5) is 7.20. The molecule has 3 rings (SSSR count). The van der Waals surface area contributed by atoms with Crippen LogP contribution in [0.1, 0.15) is 96.3 Å². The smallest absolute Gasteiger partial charge is 0.191 e. The van der Waals surface area contributed by atoms with Gasteiger partial charge in [0.2, 0.25) is 0 Å². The van der Waals surface area contributed by atoms with Gasteiger partial charge in [0.25, 0.3) is 0 Å². The summed E-state index contributed by atoms with van der Waals surface area (Å²) in [7, 11) is 1.89. The van der Waals surface area contributed by atoms with E-state index in [9.17, 15) is 0 Å². The number of nitrogens with zero attached hydrogens (tertiary/aromatic N) is 2. The van der Waals surface area contributed by atoms with Gasteiger partial charge in [0.1, 0.15) is 0 Å². The zero-order valence-corrected chi connectivity index (χ0v) is 19.0. The van der Waals surface area contributed by atoms with E-state index in [1.54, 1.807) is 0 Å². The summed E-state index contributed by atoms with van der Waals surface area (Å²) in [6.45, 7) is 4.45. The summed E-state index contributed by atoms with van der Waals surface area (Å²) in [6.07, 6.45) is 20.5. The molecule has 0 aromatic heterocycles. The highest BCUT2D eigenvalue weighted by Crippen LogP contribution is 2.25. The predicted molar refractivity (Wildman–Crippen MR) is 123 cm³/mol. The Hall–Kier alpha value is -0.810. The highest BCUT2D eigenvalue weighted by molar-refractivity contribution is 5.79. The fourth-order valence-corrected chi connectivity index (χ4v) is 5.34. The van der Waals surface area contributed by atoms with Gasteiger partial charge in [-0.05, 0) is 57.8 Å². The standard InChI is InChI=1S/C24H46N4O/c1-25-24(26-17-9-4-10-20-29-23-13-7-3-8-14-23)27-21-15-18-28(19-16-21)22-11-5-2-6-12-22/h21-23H,2-20H2,1H3,(H2,25,26,27). The number of likely N-dealkylation sites (tertiary alicyclic amines) is 1. The van der Waals surface area contributed by atoms with E-state index in [2.05, 4.69) is 20.5 Å². The van der Waals surface area contributed by atoms with Crippen molar-refractivity contribution < 1.29 is 4.74 Å². The molecule has 0 aromatic rings. The molecular formula is C24H46N4O. The fourth-order valence-electron chi connectivity index (χ4n) is 5.34. The van der Waals surface area contributed by atoms with Gasteiger partial charge in [0.05, 0.1) is 6.10 Å². The second-order valence-electron chi connectivity index (χ2n) is 9.44. The van der Waals surface area contributed by atoms with Gasteiger partial charge in [-0.25, -0.2) is 0 Å². The Morgan fingerprint density at radius 1 is 0.862 bits per heavy atom. The maximum absolute atomic E-state index is 6.02.